The third kappa shape index (κ3) is 4.67. The fraction of sp³-hybridized carbons (Fsp3) is 0.364. The molecule has 27 heavy (non-hydrogen) atoms. The molecule has 1 N–H and O–H groups in total. The summed E-state index contributed by atoms with van der Waals surface area (Å²) in [4.78, 5) is 28.5. The highest BCUT2D eigenvalue weighted by molar-refractivity contribution is 5.96. The molecule has 1 aliphatic rings. The topological polar surface area (TPSA) is 52.7 Å². The molecule has 0 saturated carbocycles. The van der Waals surface area contributed by atoms with E-state index in [0.717, 1.165) is 24.3 Å². The second-order valence-electron chi connectivity index (χ2n) is 6.95. The Bertz CT molecular complexity index is 795. The molecule has 2 aromatic carbocycles. The Labute approximate surface area is 161 Å². The number of hydrogen-bond donors (Lipinski definition) is 1. The van der Waals surface area contributed by atoms with Crippen LogP contribution in [-0.2, 0) is 4.79 Å². The highest BCUT2D eigenvalue weighted by Crippen LogP contribution is 2.24. The minimum atomic E-state index is -0.110. The first-order valence-electron chi connectivity index (χ1n) is 9.53. The second kappa shape index (κ2) is 8.71. The van der Waals surface area contributed by atoms with Gasteiger partial charge in [-0.1, -0.05) is 18.2 Å². The van der Waals surface area contributed by atoms with Gasteiger partial charge in [0.25, 0.3) is 5.91 Å². The number of anilines is 2. The van der Waals surface area contributed by atoms with Gasteiger partial charge in [-0.05, 0) is 55.7 Å². The molecule has 0 atom stereocenters. The summed E-state index contributed by atoms with van der Waals surface area (Å²) in [6, 6.07) is 15.6. The van der Waals surface area contributed by atoms with Gasteiger partial charge in [0.15, 0.2) is 0 Å². The molecule has 1 aliphatic heterocycles. The van der Waals surface area contributed by atoms with Crippen LogP contribution in [-0.4, -0.2) is 38.0 Å². The maximum absolute atomic E-state index is 12.3. The van der Waals surface area contributed by atoms with Crippen LogP contribution in [0.15, 0.2) is 48.5 Å². The monoisotopic (exact) mass is 365 g/mol. The van der Waals surface area contributed by atoms with Crippen LogP contribution in [0.2, 0.25) is 0 Å². The van der Waals surface area contributed by atoms with Crippen molar-refractivity contribution in [3.8, 4) is 0 Å². The highest BCUT2D eigenvalue weighted by Gasteiger charge is 2.15. The van der Waals surface area contributed by atoms with E-state index < -0.39 is 0 Å². The van der Waals surface area contributed by atoms with Crippen molar-refractivity contribution >= 4 is 23.2 Å². The Morgan fingerprint density at radius 2 is 1.70 bits per heavy atom. The molecule has 5 nitrogen and oxygen atoms in total. The highest BCUT2D eigenvalue weighted by atomic mass is 16.2. The molecule has 0 aromatic heterocycles. The van der Waals surface area contributed by atoms with E-state index >= 15 is 0 Å². The SMILES string of the molecule is CC(=O)N(CCNC(=O)c1ccccc1C)c1ccc(N2CCCC2)cc1. The van der Waals surface area contributed by atoms with Gasteiger partial charge >= 0.3 is 0 Å². The van der Waals surface area contributed by atoms with Gasteiger partial charge in [0.2, 0.25) is 5.91 Å². The summed E-state index contributed by atoms with van der Waals surface area (Å²) in [6.45, 7) is 6.51. The van der Waals surface area contributed by atoms with E-state index in [1.165, 1.54) is 18.5 Å². The van der Waals surface area contributed by atoms with Crippen LogP contribution in [0.3, 0.4) is 0 Å². The van der Waals surface area contributed by atoms with Gasteiger partial charge in [-0.2, -0.15) is 0 Å². The lowest BCUT2D eigenvalue weighted by Gasteiger charge is -2.23. The van der Waals surface area contributed by atoms with Crippen molar-refractivity contribution in [2.75, 3.05) is 36.0 Å². The minimum absolute atomic E-state index is 0.0333. The molecule has 142 valence electrons. The molecule has 3 rings (SSSR count). The van der Waals surface area contributed by atoms with Crippen LogP contribution >= 0.6 is 0 Å². The molecule has 0 radical (unpaired) electrons. The van der Waals surface area contributed by atoms with E-state index in [2.05, 4.69) is 22.3 Å². The van der Waals surface area contributed by atoms with Gasteiger partial charge in [0.1, 0.15) is 0 Å². The van der Waals surface area contributed by atoms with Crippen molar-refractivity contribution < 1.29 is 9.59 Å². The van der Waals surface area contributed by atoms with Crippen molar-refractivity contribution in [2.45, 2.75) is 26.7 Å². The number of aryl methyl sites for hydroxylation is 1. The number of rotatable bonds is 6. The number of benzene rings is 2. The van der Waals surface area contributed by atoms with Crippen LogP contribution in [0, 0.1) is 6.92 Å². The molecular weight excluding hydrogens is 338 g/mol. The van der Waals surface area contributed by atoms with Crippen molar-refractivity contribution in [2.24, 2.45) is 0 Å². The predicted molar refractivity (Wildman–Crippen MR) is 109 cm³/mol. The minimum Gasteiger partial charge on any atom is -0.372 e. The number of amides is 2. The van der Waals surface area contributed by atoms with Crippen molar-refractivity contribution in [3.63, 3.8) is 0 Å². The largest absolute Gasteiger partial charge is 0.372 e. The zero-order valence-corrected chi connectivity index (χ0v) is 16.1. The molecule has 2 amide bonds. The molecule has 0 spiro atoms. The summed E-state index contributed by atoms with van der Waals surface area (Å²) in [5, 5.41) is 2.91. The zero-order chi connectivity index (χ0) is 19.2. The van der Waals surface area contributed by atoms with Crippen molar-refractivity contribution in [1.82, 2.24) is 5.32 Å². The van der Waals surface area contributed by atoms with E-state index in [1.54, 1.807) is 11.8 Å². The first-order valence-corrected chi connectivity index (χ1v) is 9.53. The lowest BCUT2D eigenvalue weighted by molar-refractivity contribution is -0.116. The molecule has 0 bridgehead atoms. The summed E-state index contributed by atoms with van der Waals surface area (Å²) < 4.78 is 0. The maximum Gasteiger partial charge on any atom is 0.251 e. The fourth-order valence-electron chi connectivity index (χ4n) is 3.49. The van der Waals surface area contributed by atoms with Gasteiger partial charge in [0, 0.05) is 50.0 Å². The molecule has 5 heteroatoms. The van der Waals surface area contributed by atoms with E-state index in [9.17, 15) is 9.59 Å². The average Bonchev–Trinajstić information content (AvgIpc) is 3.20. The van der Waals surface area contributed by atoms with Crippen LogP contribution < -0.4 is 15.1 Å². The van der Waals surface area contributed by atoms with E-state index in [4.69, 9.17) is 0 Å². The van der Waals surface area contributed by atoms with Crippen LogP contribution in [0.1, 0.15) is 35.7 Å². The molecule has 0 aliphatic carbocycles. The predicted octanol–water partition coefficient (Wildman–Crippen LogP) is 3.38. The molecule has 0 unspecified atom stereocenters. The van der Waals surface area contributed by atoms with E-state index in [1.807, 2.05) is 43.3 Å². The van der Waals surface area contributed by atoms with Crippen LogP contribution in [0.4, 0.5) is 11.4 Å². The Kier molecular flexibility index (Phi) is 6.12. The lowest BCUT2D eigenvalue weighted by Crippen LogP contribution is -2.37. The zero-order valence-electron chi connectivity index (χ0n) is 16.1. The standard InChI is InChI=1S/C22H27N3O2/c1-17-7-3-4-8-21(17)22(27)23-13-16-25(18(2)26)20-11-9-19(10-12-20)24-14-5-6-15-24/h3-4,7-12H,5-6,13-16H2,1-2H3,(H,23,27). The first-order chi connectivity index (χ1) is 13.1. The molecule has 1 fully saturated rings. The number of nitrogens with one attached hydrogen (secondary N) is 1. The quantitative estimate of drug-likeness (QED) is 0.854. The molecule has 2 aromatic rings. The normalized spacial score (nSPS) is 13.5. The Balaban J connectivity index is 1.60. The van der Waals surface area contributed by atoms with Gasteiger partial charge in [-0.25, -0.2) is 0 Å². The summed E-state index contributed by atoms with van der Waals surface area (Å²) in [5.74, 6) is -0.143. The fourth-order valence-corrected chi connectivity index (χ4v) is 3.49. The van der Waals surface area contributed by atoms with Gasteiger partial charge in [-0.3, -0.25) is 9.59 Å². The second-order valence-corrected chi connectivity index (χ2v) is 6.95. The van der Waals surface area contributed by atoms with Crippen LogP contribution in [0.25, 0.3) is 0 Å². The third-order valence-corrected chi connectivity index (χ3v) is 5.02. The van der Waals surface area contributed by atoms with E-state index in [0.29, 0.717) is 18.7 Å². The van der Waals surface area contributed by atoms with Crippen molar-refractivity contribution in [3.05, 3.63) is 59.7 Å². The number of carbonyl (C=O) groups is 2. The Hall–Kier alpha value is -2.82. The van der Waals surface area contributed by atoms with Gasteiger partial charge in [0.05, 0.1) is 0 Å². The Morgan fingerprint density at radius 1 is 1.04 bits per heavy atom. The van der Waals surface area contributed by atoms with Crippen molar-refractivity contribution in [1.29, 1.82) is 0 Å². The number of carbonyl (C=O) groups excluding carboxylic acids is 2. The summed E-state index contributed by atoms with van der Waals surface area (Å²) in [6.07, 6.45) is 2.48. The molecule has 1 heterocycles. The molecular formula is C22H27N3O2. The lowest BCUT2D eigenvalue weighted by atomic mass is 10.1. The first kappa shape index (κ1) is 19.0. The summed E-state index contributed by atoms with van der Waals surface area (Å²) >= 11 is 0. The number of hydrogen-bond acceptors (Lipinski definition) is 3. The Morgan fingerprint density at radius 3 is 2.33 bits per heavy atom. The summed E-state index contributed by atoms with van der Waals surface area (Å²) in [7, 11) is 0. The smallest absolute Gasteiger partial charge is 0.251 e. The average molecular weight is 365 g/mol. The van der Waals surface area contributed by atoms with Crippen LogP contribution in [0.5, 0.6) is 0 Å². The van der Waals surface area contributed by atoms with E-state index in [-0.39, 0.29) is 11.8 Å². The molecule has 1 saturated heterocycles. The van der Waals surface area contributed by atoms with Gasteiger partial charge < -0.3 is 15.1 Å². The summed E-state index contributed by atoms with van der Waals surface area (Å²) in [5.41, 5.74) is 3.67. The number of nitrogens with zero attached hydrogens (tertiary/aromatic N) is 2. The van der Waals surface area contributed by atoms with Gasteiger partial charge in [-0.15, -0.1) is 0 Å². The maximum atomic E-state index is 12.3. The third-order valence-electron chi connectivity index (χ3n) is 5.02.